The van der Waals surface area contributed by atoms with Gasteiger partial charge in [0.1, 0.15) is 17.3 Å². The van der Waals surface area contributed by atoms with E-state index >= 15 is 0 Å². The van der Waals surface area contributed by atoms with E-state index in [0.29, 0.717) is 40.3 Å². The van der Waals surface area contributed by atoms with Gasteiger partial charge in [0.25, 0.3) is 0 Å². The molecule has 0 saturated carbocycles. The van der Waals surface area contributed by atoms with E-state index in [4.69, 9.17) is 30.6 Å². The Bertz CT molecular complexity index is 1230. The number of hydrogen-bond donors (Lipinski definition) is 1. The molecular formula is C25H35BrClN3O7S2. The largest absolute Gasteiger partial charge is 0.496 e. The molecule has 3 rings (SSSR count). The first kappa shape index (κ1) is 32.0. The van der Waals surface area contributed by atoms with E-state index in [9.17, 15) is 13.8 Å². The van der Waals surface area contributed by atoms with E-state index < -0.39 is 46.2 Å². The van der Waals surface area contributed by atoms with Crippen LogP contribution < -0.4 is 10.1 Å². The SMILES string of the molecule is COc1cc2c3c(n(C(=O)OC(C)Cl)c2cc1Br)[C@H]([C@@H](CS(C)=O)NC(=O)OC(C)(C)C)N(OCSC)CC3. The zero-order valence-electron chi connectivity index (χ0n) is 23.0. The van der Waals surface area contributed by atoms with E-state index in [2.05, 4.69) is 21.2 Å². The number of halogens is 2. The van der Waals surface area contributed by atoms with Gasteiger partial charge in [-0.1, -0.05) is 11.6 Å². The Morgan fingerprint density at radius 3 is 2.59 bits per heavy atom. The number of hydrogen-bond acceptors (Lipinski definition) is 9. The van der Waals surface area contributed by atoms with Gasteiger partial charge in [-0.3, -0.25) is 9.05 Å². The van der Waals surface area contributed by atoms with Crippen molar-refractivity contribution in [3.63, 3.8) is 0 Å². The third kappa shape index (κ3) is 7.82. The van der Waals surface area contributed by atoms with Crippen LogP contribution in [0.25, 0.3) is 10.9 Å². The summed E-state index contributed by atoms with van der Waals surface area (Å²) in [5.41, 5.74) is 0.343. The number of alkyl halides is 1. The summed E-state index contributed by atoms with van der Waals surface area (Å²) in [6.07, 6.45) is 2.64. The minimum atomic E-state index is -1.32. The lowest BCUT2D eigenvalue weighted by Gasteiger charge is -2.40. The number of nitrogens with zero attached hydrogens (tertiary/aromatic N) is 2. The highest BCUT2D eigenvalue weighted by Crippen LogP contribution is 2.42. The zero-order chi connectivity index (χ0) is 29.1. The van der Waals surface area contributed by atoms with Crippen molar-refractivity contribution in [3.05, 3.63) is 27.9 Å². The molecule has 1 aliphatic rings. The lowest BCUT2D eigenvalue weighted by molar-refractivity contribution is -0.181. The Hall–Kier alpha value is -1.51. The number of alkyl carbamates (subject to hydrolysis) is 1. The topological polar surface area (TPSA) is 108 Å². The zero-order valence-corrected chi connectivity index (χ0v) is 27.0. The summed E-state index contributed by atoms with van der Waals surface area (Å²) in [6, 6.07) is 2.18. The minimum absolute atomic E-state index is 0.0813. The quantitative estimate of drug-likeness (QED) is 0.277. The highest BCUT2D eigenvalue weighted by molar-refractivity contribution is 9.10. The van der Waals surface area contributed by atoms with E-state index in [1.807, 2.05) is 12.3 Å². The number of rotatable bonds is 9. The average molecular weight is 669 g/mol. The number of nitrogens with one attached hydrogen (secondary N) is 1. The van der Waals surface area contributed by atoms with Gasteiger partial charge < -0.3 is 19.5 Å². The highest BCUT2D eigenvalue weighted by Gasteiger charge is 2.42. The molecule has 0 spiro atoms. The number of carbonyl (C=O) groups excluding carboxylic acids is 2. The van der Waals surface area contributed by atoms with Crippen molar-refractivity contribution in [2.45, 2.75) is 57.4 Å². The van der Waals surface area contributed by atoms with Crippen molar-refractivity contribution in [1.29, 1.82) is 0 Å². The van der Waals surface area contributed by atoms with E-state index in [1.54, 1.807) is 52.2 Å². The molecule has 2 heterocycles. The van der Waals surface area contributed by atoms with Crippen LogP contribution in [0.3, 0.4) is 0 Å². The Kier molecular flexibility index (Phi) is 11.0. The van der Waals surface area contributed by atoms with Crippen LogP contribution in [0.15, 0.2) is 16.6 Å². The molecule has 1 amide bonds. The Morgan fingerprint density at radius 2 is 2.03 bits per heavy atom. The molecule has 4 atom stereocenters. The third-order valence-electron chi connectivity index (χ3n) is 5.84. The van der Waals surface area contributed by atoms with Gasteiger partial charge in [-0.15, -0.1) is 11.8 Å². The molecule has 0 aliphatic carbocycles. The summed E-state index contributed by atoms with van der Waals surface area (Å²) in [7, 11) is 0.247. The van der Waals surface area contributed by atoms with Gasteiger partial charge in [-0.25, -0.2) is 14.2 Å². The Balaban J connectivity index is 2.29. The molecule has 2 unspecified atom stereocenters. The number of hydroxylamine groups is 2. The van der Waals surface area contributed by atoms with Gasteiger partial charge >= 0.3 is 12.2 Å². The minimum Gasteiger partial charge on any atom is -0.496 e. The predicted octanol–water partition coefficient (Wildman–Crippen LogP) is 5.41. The van der Waals surface area contributed by atoms with Crippen LogP contribution in [0.5, 0.6) is 5.75 Å². The molecular weight excluding hydrogens is 634 g/mol. The second-order valence-corrected chi connectivity index (χ2v) is 13.8. The monoisotopic (exact) mass is 667 g/mol. The van der Waals surface area contributed by atoms with Gasteiger partial charge in [0.2, 0.25) is 0 Å². The van der Waals surface area contributed by atoms with Crippen molar-refractivity contribution < 1.29 is 32.8 Å². The van der Waals surface area contributed by atoms with Gasteiger partial charge in [0.05, 0.1) is 34.9 Å². The van der Waals surface area contributed by atoms with Crippen molar-refractivity contribution in [2.75, 3.05) is 37.9 Å². The first-order valence-electron chi connectivity index (χ1n) is 12.2. The van der Waals surface area contributed by atoms with Crippen LogP contribution in [-0.4, -0.2) is 81.1 Å². The molecule has 0 saturated heterocycles. The normalized spacial score (nSPS) is 18.2. The molecule has 1 aromatic heterocycles. The highest BCUT2D eigenvalue weighted by atomic mass is 79.9. The molecule has 10 nitrogen and oxygen atoms in total. The molecule has 0 fully saturated rings. The number of thioether (sulfide) groups is 1. The number of amides is 1. The fourth-order valence-electron chi connectivity index (χ4n) is 4.57. The van der Waals surface area contributed by atoms with Crippen LogP contribution in [0.4, 0.5) is 9.59 Å². The van der Waals surface area contributed by atoms with Crippen LogP contribution >= 0.6 is 39.3 Å². The average Bonchev–Trinajstić information content (AvgIpc) is 3.12. The van der Waals surface area contributed by atoms with E-state index in [0.717, 1.165) is 10.9 Å². The summed E-state index contributed by atoms with van der Waals surface area (Å²) >= 11 is 11.1. The lowest BCUT2D eigenvalue weighted by atomic mass is 9.94. The maximum absolute atomic E-state index is 13.6. The lowest BCUT2D eigenvalue weighted by Crippen LogP contribution is -2.52. The van der Waals surface area contributed by atoms with Crippen LogP contribution in [0, 0.1) is 0 Å². The number of carbonyl (C=O) groups is 2. The van der Waals surface area contributed by atoms with E-state index in [-0.39, 0.29) is 5.75 Å². The third-order valence-corrected chi connectivity index (χ3v) is 7.72. The second-order valence-electron chi connectivity index (χ2n) is 9.99. The Labute approximate surface area is 248 Å². The second kappa shape index (κ2) is 13.4. The smallest absolute Gasteiger partial charge is 0.420 e. The number of fused-ring (bicyclic) bond motifs is 3. The standard InChI is InChI=1S/C25H35BrClN3O7S2/c1-14(27)36-24(32)30-19-11-17(26)20(34-5)10-16(19)15-8-9-29(35-13-38-6)22(21(15)30)18(12-39(7)33)28-23(31)37-25(2,3)4/h10-11,14,18,22H,8-9,12-13H2,1-7H3,(H,28,31)/t14?,18-,22+,39?/m1/s1. The summed E-state index contributed by atoms with van der Waals surface area (Å²) in [5, 5.41) is 5.41. The van der Waals surface area contributed by atoms with Crippen molar-refractivity contribution in [2.24, 2.45) is 0 Å². The summed E-state index contributed by atoms with van der Waals surface area (Å²) in [6.45, 7) is 7.30. The maximum Gasteiger partial charge on any atom is 0.420 e. The number of benzene rings is 1. The summed E-state index contributed by atoms with van der Waals surface area (Å²) in [5.74, 6) is 1.01. The van der Waals surface area contributed by atoms with Crippen molar-refractivity contribution >= 4 is 73.2 Å². The van der Waals surface area contributed by atoms with Crippen molar-refractivity contribution in [3.8, 4) is 5.75 Å². The fraction of sp³-hybridized carbons (Fsp3) is 0.600. The van der Waals surface area contributed by atoms with E-state index in [1.165, 1.54) is 16.3 Å². The first-order valence-corrected chi connectivity index (χ1v) is 16.6. The van der Waals surface area contributed by atoms with Gasteiger partial charge in [0.15, 0.2) is 5.56 Å². The molecule has 1 N–H and O–H groups in total. The maximum atomic E-state index is 13.6. The number of ether oxygens (including phenoxy) is 3. The molecule has 1 aliphatic heterocycles. The fourth-order valence-corrected chi connectivity index (χ4v) is 6.15. The molecule has 218 valence electrons. The van der Waals surface area contributed by atoms with Gasteiger partial charge in [-0.2, -0.15) is 5.06 Å². The Morgan fingerprint density at radius 1 is 1.33 bits per heavy atom. The van der Waals surface area contributed by atoms with Crippen LogP contribution in [0.1, 0.15) is 45.0 Å². The molecule has 0 radical (unpaired) electrons. The molecule has 39 heavy (non-hydrogen) atoms. The van der Waals surface area contributed by atoms with Crippen LogP contribution in [0.2, 0.25) is 0 Å². The number of aromatic nitrogens is 1. The molecule has 0 bridgehead atoms. The first-order chi connectivity index (χ1) is 18.3. The predicted molar refractivity (Wildman–Crippen MR) is 158 cm³/mol. The summed E-state index contributed by atoms with van der Waals surface area (Å²) in [4.78, 5) is 32.6. The summed E-state index contributed by atoms with van der Waals surface area (Å²) < 4.78 is 31.2. The molecule has 1 aromatic carbocycles. The van der Waals surface area contributed by atoms with Crippen molar-refractivity contribution in [1.82, 2.24) is 14.9 Å². The van der Waals surface area contributed by atoms with Gasteiger partial charge in [-0.05, 0) is 74.0 Å². The molecule has 14 heteroatoms. The molecule has 2 aromatic rings. The van der Waals surface area contributed by atoms with Gasteiger partial charge in [0, 0.05) is 34.7 Å². The number of methoxy groups -OCH3 is 1. The van der Waals surface area contributed by atoms with Crippen LogP contribution in [-0.2, 0) is 31.5 Å².